The van der Waals surface area contributed by atoms with E-state index >= 15 is 0 Å². The summed E-state index contributed by atoms with van der Waals surface area (Å²) in [6, 6.07) is 4.96. The summed E-state index contributed by atoms with van der Waals surface area (Å²) in [6.45, 7) is 0. The summed E-state index contributed by atoms with van der Waals surface area (Å²) in [5.41, 5.74) is 6.44. The monoisotopic (exact) mass is 331 g/mol. The Balaban J connectivity index is 0.00000176. The number of carbonyl (C=O) groups is 2. The average Bonchev–Trinajstić information content (AvgIpc) is 2.43. The van der Waals surface area contributed by atoms with Gasteiger partial charge in [-0.1, -0.05) is 0 Å². The zero-order valence-corrected chi connectivity index (χ0v) is 12.4. The fraction of sp³-hybridized carbons (Fsp3) is 0.429. The van der Waals surface area contributed by atoms with Crippen LogP contribution in [0.25, 0.3) is 0 Å². The van der Waals surface area contributed by atoms with Gasteiger partial charge >= 0.3 is 6.03 Å². The second-order valence-electron chi connectivity index (χ2n) is 5.43. The van der Waals surface area contributed by atoms with E-state index in [1.807, 2.05) is 0 Å². The lowest BCUT2D eigenvalue weighted by Crippen LogP contribution is -2.63. The van der Waals surface area contributed by atoms with Gasteiger partial charge in [-0.15, -0.1) is 12.4 Å². The number of hydrogen-bond acceptors (Lipinski definition) is 3. The highest BCUT2D eigenvalue weighted by atomic mass is 35.5. The molecule has 1 aliphatic heterocycles. The number of carbonyl (C=O) groups excluding carboxylic acids is 2. The number of hydrogen-bond donors (Lipinski definition) is 2. The van der Waals surface area contributed by atoms with Gasteiger partial charge in [0.15, 0.2) is 0 Å². The molecule has 1 aromatic rings. The molecule has 3 rings (SSSR count). The summed E-state index contributed by atoms with van der Waals surface area (Å²) < 4.78 is 26.9. The Morgan fingerprint density at radius 2 is 1.68 bits per heavy atom. The summed E-state index contributed by atoms with van der Waals surface area (Å²) >= 11 is 0. The molecule has 2 aliphatic rings. The zero-order valence-electron chi connectivity index (χ0n) is 11.5. The molecule has 4 atom stereocenters. The summed E-state index contributed by atoms with van der Waals surface area (Å²) in [6.07, 6.45) is -3.68. The smallest absolute Gasteiger partial charge is 0.328 e. The maximum absolute atomic E-state index is 13.5. The largest absolute Gasteiger partial charge is 0.399 e. The van der Waals surface area contributed by atoms with Crippen molar-refractivity contribution in [3.8, 4) is 0 Å². The molecule has 120 valence electrons. The second kappa shape index (κ2) is 6.08. The fourth-order valence-corrected chi connectivity index (χ4v) is 2.90. The molecular formula is C14H16ClF2N3O2. The molecule has 0 radical (unpaired) electrons. The van der Waals surface area contributed by atoms with Crippen molar-refractivity contribution in [3.05, 3.63) is 24.3 Å². The first kappa shape index (κ1) is 16.5. The van der Waals surface area contributed by atoms with E-state index < -0.39 is 36.2 Å². The lowest BCUT2D eigenvalue weighted by atomic mass is 9.80. The Bertz CT molecular complexity index is 584. The fourth-order valence-electron chi connectivity index (χ4n) is 2.90. The first-order valence-corrected chi connectivity index (χ1v) is 6.75. The Morgan fingerprint density at radius 1 is 1.09 bits per heavy atom. The van der Waals surface area contributed by atoms with Crippen molar-refractivity contribution >= 4 is 35.7 Å². The van der Waals surface area contributed by atoms with Crippen LogP contribution in [0.3, 0.4) is 0 Å². The minimum Gasteiger partial charge on any atom is -0.399 e. The van der Waals surface area contributed by atoms with Crippen LogP contribution < -0.4 is 16.0 Å². The van der Waals surface area contributed by atoms with E-state index in [-0.39, 0.29) is 25.2 Å². The summed E-state index contributed by atoms with van der Waals surface area (Å²) in [4.78, 5) is 25.5. The predicted molar refractivity (Wildman–Crippen MR) is 80.4 cm³/mol. The zero-order chi connectivity index (χ0) is 15.1. The number of alkyl halides is 2. The van der Waals surface area contributed by atoms with Crippen LogP contribution >= 0.6 is 12.4 Å². The number of rotatable bonds is 1. The van der Waals surface area contributed by atoms with Crippen LogP contribution in [0.4, 0.5) is 25.0 Å². The summed E-state index contributed by atoms with van der Waals surface area (Å²) in [7, 11) is 0. The van der Waals surface area contributed by atoms with Crippen molar-refractivity contribution < 1.29 is 18.4 Å². The first-order valence-electron chi connectivity index (χ1n) is 6.75. The van der Waals surface area contributed by atoms with Crippen LogP contribution in [0.15, 0.2) is 24.3 Å². The minimum absolute atomic E-state index is 0. The lowest BCUT2D eigenvalue weighted by molar-refractivity contribution is -0.126. The van der Waals surface area contributed by atoms with Crippen molar-refractivity contribution in [3.63, 3.8) is 0 Å². The van der Waals surface area contributed by atoms with Crippen molar-refractivity contribution in [2.24, 2.45) is 5.92 Å². The molecule has 0 spiro atoms. The van der Waals surface area contributed by atoms with Gasteiger partial charge in [-0.05, 0) is 30.7 Å². The first-order chi connectivity index (χ1) is 9.97. The highest BCUT2D eigenvalue weighted by Gasteiger charge is 2.48. The topological polar surface area (TPSA) is 75.4 Å². The van der Waals surface area contributed by atoms with Gasteiger partial charge in [-0.2, -0.15) is 0 Å². The van der Waals surface area contributed by atoms with Crippen molar-refractivity contribution in [1.82, 2.24) is 5.32 Å². The number of imide groups is 1. The van der Waals surface area contributed by atoms with Gasteiger partial charge in [0.1, 0.15) is 12.3 Å². The maximum atomic E-state index is 13.5. The van der Waals surface area contributed by atoms with Crippen molar-refractivity contribution in [1.29, 1.82) is 0 Å². The number of halogens is 3. The number of urea groups is 1. The third-order valence-corrected chi connectivity index (χ3v) is 4.04. The summed E-state index contributed by atoms with van der Waals surface area (Å²) in [5.74, 6) is -1.23. The number of fused-ring (bicyclic) bond motifs is 1. The van der Waals surface area contributed by atoms with Gasteiger partial charge in [0.25, 0.3) is 0 Å². The Hall–Kier alpha value is -1.89. The lowest BCUT2D eigenvalue weighted by Gasteiger charge is -2.41. The molecule has 4 unspecified atom stereocenters. The third kappa shape index (κ3) is 2.72. The predicted octanol–water partition coefficient (Wildman–Crippen LogP) is 2.20. The van der Waals surface area contributed by atoms with Crippen LogP contribution in [0.2, 0.25) is 0 Å². The third-order valence-electron chi connectivity index (χ3n) is 4.04. The standard InChI is InChI=1S/C14H15F2N3O2.ClH/c15-10-5-9-12(6-11(10)16)18-14(21)19(13(9)20)8-3-1-7(17)2-4-8;/h1-4,9-12H,5-6,17H2,(H,18,21);1H. The van der Waals surface area contributed by atoms with Gasteiger partial charge < -0.3 is 11.1 Å². The number of nitrogens with one attached hydrogen (secondary N) is 1. The quantitative estimate of drug-likeness (QED) is 0.775. The Morgan fingerprint density at radius 3 is 2.32 bits per heavy atom. The van der Waals surface area contributed by atoms with Gasteiger partial charge in [-0.3, -0.25) is 4.79 Å². The number of nitrogens with two attached hydrogens (primary N) is 1. The normalized spacial score (nSPS) is 31.1. The van der Waals surface area contributed by atoms with E-state index in [9.17, 15) is 18.4 Å². The number of nitrogen functional groups attached to an aromatic ring is 1. The molecule has 0 aromatic heterocycles. The highest BCUT2D eigenvalue weighted by Crippen LogP contribution is 2.34. The number of nitrogens with zero attached hydrogens (tertiary/aromatic N) is 1. The van der Waals surface area contributed by atoms with Crippen molar-refractivity contribution in [2.45, 2.75) is 31.2 Å². The van der Waals surface area contributed by atoms with E-state index in [4.69, 9.17) is 5.73 Å². The molecule has 1 aromatic carbocycles. The number of benzene rings is 1. The molecule has 3 N–H and O–H groups in total. The van der Waals surface area contributed by atoms with E-state index in [0.29, 0.717) is 11.4 Å². The molecular weight excluding hydrogens is 316 g/mol. The van der Waals surface area contributed by atoms with Crippen molar-refractivity contribution in [2.75, 3.05) is 10.6 Å². The van der Waals surface area contributed by atoms with Gasteiger partial charge in [0.2, 0.25) is 5.91 Å². The van der Waals surface area contributed by atoms with Crippen LogP contribution in [0.1, 0.15) is 12.8 Å². The van der Waals surface area contributed by atoms with E-state index in [1.54, 1.807) is 24.3 Å². The summed E-state index contributed by atoms with van der Waals surface area (Å²) in [5, 5.41) is 2.59. The maximum Gasteiger partial charge on any atom is 0.328 e. The number of amides is 3. The SMILES string of the molecule is Cl.Nc1ccc(N2C(=O)NC3CC(F)C(F)CC3C2=O)cc1. The molecule has 22 heavy (non-hydrogen) atoms. The van der Waals surface area contributed by atoms with E-state index in [2.05, 4.69) is 5.32 Å². The highest BCUT2D eigenvalue weighted by molar-refractivity contribution is 6.17. The second-order valence-corrected chi connectivity index (χ2v) is 5.43. The molecule has 3 amide bonds. The van der Waals surface area contributed by atoms with Crippen LogP contribution in [-0.4, -0.2) is 30.3 Å². The minimum atomic E-state index is -1.67. The molecule has 0 bridgehead atoms. The Labute approximate surface area is 132 Å². The van der Waals surface area contributed by atoms with E-state index in [0.717, 1.165) is 4.90 Å². The molecule has 1 saturated carbocycles. The van der Waals surface area contributed by atoms with Gasteiger partial charge in [0, 0.05) is 18.2 Å². The van der Waals surface area contributed by atoms with Gasteiger partial charge in [-0.25, -0.2) is 18.5 Å². The molecule has 1 saturated heterocycles. The molecule has 2 fully saturated rings. The molecule has 5 nitrogen and oxygen atoms in total. The molecule has 1 heterocycles. The average molecular weight is 332 g/mol. The Kier molecular flexibility index (Phi) is 4.55. The molecule has 1 aliphatic carbocycles. The van der Waals surface area contributed by atoms with E-state index in [1.165, 1.54) is 0 Å². The van der Waals surface area contributed by atoms with Crippen LogP contribution in [-0.2, 0) is 4.79 Å². The number of anilines is 2. The van der Waals surface area contributed by atoms with Crippen LogP contribution in [0.5, 0.6) is 0 Å². The van der Waals surface area contributed by atoms with Gasteiger partial charge in [0.05, 0.1) is 11.6 Å². The molecule has 8 heteroatoms. The van der Waals surface area contributed by atoms with Crippen LogP contribution in [0, 0.1) is 5.92 Å².